The molecule has 0 aromatic heterocycles. The van der Waals surface area contributed by atoms with E-state index in [4.69, 9.17) is 5.11 Å². The predicted octanol–water partition coefficient (Wildman–Crippen LogP) is 2.58. The zero-order valence-corrected chi connectivity index (χ0v) is 9.98. The molecule has 0 aliphatic heterocycles. The molecule has 4 nitrogen and oxygen atoms in total. The van der Waals surface area contributed by atoms with Gasteiger partial charge in [-0.25, -0.2) is 0 Å². The van der Waals surface area contributed by atoms with E-state index in [1.54, 1.807) is 0 Å². The third kappa shape index (κ3) is 2.97. The number of aliphatic carboxylic acids is 1. The van der Waals surface area contributed by atoms with Crippen LogP contribution in [0.2, 0.25) is 0 Å². The Labute approximate surface area is 105 Å². The molecule has 1 aromatic carbocycles. The molecule has 94 valence electrons. The molecule has 0 saturated carbocycles. The molecule has 0 amide bonds. The molecule has 0 heterocycles. The van der Waals surface area contributed by atoms with E-state index in [-0.39, 0.29) is 12.2 Å². The Morgan fingerprint density at radius 3 is 2.61 bits per heavy atom. The van der Waals surface area contributed by atoms with Crippen LogP contribution in [0.3, 0.4) is 0 Å². The van der Waals surface area contributed by atoms with Crippen molar-refractivity contribution in [3.63, 3.8) is 0 Å². The minimum absolute atomic E-state index is 0.0536. The molecule has 18 heavy (non-hydrogen) atoms. The summed E-state index contributed by atoms with van der Waals surface area (Å²) in [6.45, 7) is 0. The summed E-state index contributed by atoms with van der Waals surface area (Å²) in [5.74, 6) is -1.02. The summed E-state index contributed by atoms with van der Waals surface area (Å²) in [7, 11) is 0. The number of allylic oxidation sites excluding steroid dienone is 1. The Balaban J connectivity index is 2.25. The highest BCUT2D eigenvalue weighted by Crippen LogP contribution is 2.25. The van der Waals surface area contributed by atoms with E-state index in [9.17, 15) is 9.59 Å². The molecule has 0 spiro atoms. The lowest BCUT2D eigenvalue weighted by Gasteiger charge is -2.20. The van der Waals surface area contributed by atoms with Crippen LogP contribution in [0.25, 0.3) is 0 Å². The van der Waals surface area contributed by atoms with Crippen LogP contribution in [0, 0.1) is 0 Å². The van der Waals surface area contributed by atoms with E-state index < -0.39 is 5.97 Å². The van der Waals surface area contributed by atoms with Crippen molar-refractivity contribution in [3.8, 4) is 0 Å². The molecule has 0 saturated heterocycles. The highest BCUT2D eigenvalue weighted by atomic mass is 16.4. The maximum absolute atomic E-state index is 11.8. The normalized spacial score (nSPS) is 15.7. The molecule has 4 heteroatoms. The van der Waals surface area contributed by atoms with Gasteiger partial charge in [-0.2, -0.15) is 0 Å². The second-order valence-corrected chi connectivity index (χ2v) is 4.30. The van der Waals surface area contributed by atoms with Crippen LogP contribution >= 0.6 is 0 Å². The standard InChI is InChI=1S/C14H15NO3/c16-13-8-4-7-12(11(13)9-14(17)18)15-10-5-2-1-3-6-10/h1-3,5-6,15H,4,7-9H2,(H,17,18). The van der Waals surface area contributed by atoms with Gasteiger partial charge < -0.3 is 10.4 Å². The van der Waals surface area contributed by atoms with Crippen LogP contribution < -0.4 is 5.32 Å². The largest absolute Gasteiger partial charge is 0.481 e. The molecule has 0 fully saturated rings. The van der Waals surface area contributed by atoms with Crippen molar-refractivity contribution in [1.82, 2.24) is 0 Å². The molecular weight excluding hydrogens is 230 g/mol. The van der Waals surface area contributed by atoms with Gasteiger partial charge in [-0.1, -0.05) is 18.2 Å². The second kappa shape index (κ2) is 5.49. The quantitative estimate of drug-likeness (QED) is 0.855. The highest BCUT2D eigenvalue weighted by Gasteiger charge is 2.22. The minimum Gasteiger partial charge on any atom is -0.481 e. The van der Waals surface area contributed by atoms with E-state index in [0.717, 1.165) is 24.2 Å². The Morgan fingerprint density at radius 2 is 1.94 bits per heavy atom. The minimum atomic E-state index is -0.965. The van der Waals surface area contributed by atoms with Crippen molar-refractivity contribution < 1.29 is 14.7 Å². The summed E-state index contributed by atoms with van der Waals surface area (Å²) in [6.07, 6.45) is 1.75. The average molecular weight is 245 g/mol. The number of para-hydroxylation sites is 1. The maximum Gasteiger partial charge on any atom is 0.308 e. The van der Waals surface area contributed by atoms with E-state index in [0.29, 0.717) is 12.0 Å². The van der Waals surface area contributed by atoms with Gasteiger partial charge in [-0.15, -0.1) is 0 Å². The number of rotatable bonds is 4. The molecule has 0 atom stereocenters. The van der Waals surface area contributed by atoms with Crippen LogP contribution in [-0.2, 0) is 9.59 Å². The van der Waals surface area contributed by atoms with Crippen molar-refractivity contribution in [2.45, 2.75) is 25.7 Å². The number of nitrogens with one attached hydrogen (secondary N) is 1. The number of carboxylic acid groups (broad SMARTS) is 1. The van der Waals surface area contributed by atoms with Gasteiger partial charge in [0.25, 0.3) is 0 Å². The lowest BCUT2D eigenvalue weighted by Crippen LogP contribution is -2.18. The maximum atomic E-state index is 11.8. The zero-order valence-electron chi connectivity index (χ0n) is 9.98. The SMILES string of the molecule is O=C(O)CC1=C(Nc2ccccc2)CCCC1=O. The molecule has 0 unspecified atom stereocenters. The molecule has 1 aliphatic rings. The van der Waals surface area contributed by atoms with E-state index in [1.165, 1.54) is 0 Å². The molecule has 2 rings (SSSR count). The third-order valence-electron chi connectivity index (χ3n) is 2.93. The zero-order chi connectivity index (χ0) is 13.0. The van der Waals surface area contributed by atoms with E-state index in [2.05, 4.69) is 5.32 Å². The van der Waals surface area contributed by atoms with Crippen LogP contribution in [0.5, 0.6) is 0 Å². The summed E-state index contributed by atoms with van der Waals surface area (Å²) in [5, 5.41) is 12.0. The fourth-order valence-electron chi connectivity index (χ4n) is 2.09. The topological polar surface area (TPSA) is 66.4 Å². The fraction of sp³-hybridized carbons (Fsp3) is 0.286. The summed E-state index contributed by atoms with van der Waals surface area (Å²) in [5.41, 5.74) is 2.04. The van der Waals surface area contributed by atoms with Gasteiger partial charge in [0.2, 0.25) is 0 Å². The summed E-state index contributed by atoms with van der Waals surface area (Å²) in [4.78, 5) is 22.6. The second-order valence-electron chi connectivity index (χ2n) is 4.30. The van der Waals surface area contributed by atoms with Gasteiger partial charge in [0.15, 0.2) is 5.78 Å². The number of carbonyl (C=O) groups excluding carboxylic acids is 1. The smallest absolute Gasteiger partial charge is 0.308 e. The first-order chi connectivity index (χ1) is 8.66. The Hall–Kier alpha value is -2.10. The Bertz CT molecular complexity index is 491. The van der Waals surface area contributed by atoms with Gasteiger partial charge in [0.1, 0.15) is 0 Å². The number of hydrogen-bond acceptors (Lipinski definition) is 3. The molecular formula is C14H15NO3. The van der Waals surface area contributed by atoms with Crippen LogP contribution in [0.1, 0.15) is 25.7 Å². The van der Waals surface area contributed by atoms with Gasteiger partial charge in [-0.05, 0) is 25.0 Å². The number of benzene rings is 1. The van der Waals surface area contributed by atoms with Crippen molar-refractivity contribution in [1.29, 1.82) is 0 Å². The first-order valence-corrected chi connectivity index (χ1v) is 5.96. The van der Waals surface area contributed by atoms with Crippen LogP contribution in [0.15, 0.2) is 41.6 Å². The number of ketones is 1. The van der Waals surface area contributed by atoms with Crippen LogP contribution in [-0.4, -0.2) is 16.9 Å². The lowest BCUT2D eigenvalue weighted by atomic mass is 9.92. The third-order valence-corrected chi connectivity index (χ3v) is 2.93. The van der Waals surface area contributed by atoms with E-state index >= 15 is 0 Å². The molecule has 2 N–H and O–H groups in total. The highest BCUT2D eigenvalue weighted by molar-refractivity contribution is 6.00. The molecule has 0 radical (unpaired) electrons. The van der Waals surface area contributed by atoms with Gasteiger partial charge in [0, 0.05) is 23.4 Å². The van der Waals surface area contributed by atoms with Crippen molar-refractivity contribution in [2.75, 3.05) is 5.32 Å². The summed E-state index contributed by atoms with van der Waals surface area (Å²) in [6, 6.07) is 9.48. The fourth-order valence-corrected chi connectivity index (χ4v) is 2.09. The summed E-state index contributed by atoms with van der Waals surface area (Å²) >= 11 is 0. The van der Waals surface area contributed by atoms with Crippen LogP contribution in [0.4, 0.5) is 5.69 Å². The monoisotopic (exact) mass is 245 g/mol. The van der Waals surface area contributed by atoms with Gasteiger partial charge in [0.05, 0.1) is 6.42 Å². The number of carbonyl (C=O) groups is 2. The first-order valence-electron chi connectivity index (χ1n) is 5.96. The van der Waals surface area contributed by atoms with Gasteiger partial charge >= 0.3 is 5.97 Å². The van der Waals surface area contributed by atoms with Gasteiger partial charge in [-0.3, -0.25) is 9.59 Å². The first kappa shape index (κ1) is 12.4. The van der Waals surface area contributed by atoms with Crippen molar-refractivity contribution >= 4 is 17.4 Å². The predicted molar refractivity (Wildman–Crippen MR) is 68.2 cm³/mol. The Kier molecular flexibility index (Phi) is 3.77. The van der Waals surface area contributed by atoms with E-state index in [1.807, 2.05) is 30.3 Å². The number of anilines is 1. The Morgan fingerprint density at radius 1 is 1.22 bits per heavy atom. The molecule has 0 bridgehead atoms. The average Bonchev–Trinajstić information content (AvgIpc) is 2.34. The molecule has 1 aliphatic carbocycles. The number of Topliss-reactive ketones (excluding diaryl/α,β-unsaturated/α-hetero) is 1. The van der Waals surface area contributed by atoms with Crippen molar-refractivity contribution in [3.05, 3.63) is 41.6 Å². The number of carboxylic acids is 1. The summed E-state index contributed by atoms with van der Waals surface area (Å²) < 4.78 is 0. The lowest BCUT2D eigenvalue weighted by molar-refractivity contribution is -0.137. The molecule has 1 aromatic rings. The number of hydrogen-bond donors (Lipinski definition) is 2. The van der Waals surface area contributed by atoms with Crippen molar-refractivity contribution in [2.24, 2.45) is 0 Å².